The van der Waals surface area contributed by atoms with Gasteiger partial charge >= 0.3 is 0 Å². The summed E-state index contributed by atoms with van der Waals surface area (Å²) in [6.07, 6.45) is 5.33. The molecule has 1 saturated carbocycles. The second kappa shape index (κ2) is 4.94. The van der Waals surface area contributed by atoms with Crippen molar-refractivity contribution in [3.05, 3.63) is 27.8 Å². The van der Waals surface area contributed by atoms with Crippen molar-refractivity contribution in [2.24, 2.45) is 5.41 Å². The first kappa shape index (κ1) is 12.2. The zero-order valence-electron chi connectivity index (χ0n) is 10.1. The highest BCUT2D eigenvalue weighted by Crippen LogP contribution is 2.36. The summed E-state index contributed by atoms with van der Waals surface area (Å²) in [7, 11) is 0. The fourth-order valence-corrected chi connectivity index (χ4v) is 3.16. The maximum absolute atomic E-state index is 3.70. The molecular formula is C14H20IN. The molecule has 0 aliphatic heterocycles. The summed E-state index contributed by atoms with van der Waals surface area (Å²) in [6, 6.07) is 9.20. The fourth-order valence-electron chi connectivity index (χ4n) is 2.62. The Morgan fingerprint density at radius 3 is 2.75 bits per heavy atom. The Kier molecular flexibility index (Phi) is 3.77. The summed E-state index contributed by atoms with van der Waals surface area (Å²) in [5, 5.41) is 3.70. The Bertz CT molecular complexity index is 360. The van der Waals surface area contributed by atoms with E-state index in [-0.39, 0.29) is 0 Å². The van der Waals surface area contributed by atoms with Crippen LogP contribution in [-0.4, -0.2) is 6.04 Å². The van der Waals surface area contributed by atoms with Crippen LogP contribution in [-0.2, 0) is 0 Å². The van der Waals surface area contributed by atoms with Crippen LogP contribution in [0.15, 0.2) is 24.3 Å². The van der Waals surface area contributed by atoms with Crippen molar-refractivity contribution in [2.75, 3.05) is 5.32 Å². The molecule has 1 unspecified atom stereocenters. The van der Waals surface area contributed by atoms with E-state index in [9.17, 15) is 0 Å². The average molecular weight is 329 g/mol. The molecule has 1 aliphatic carbocycles. The standard InChI is InChI=1S/C14H20IN/c1-14(2)9-5-6-11(10-14)16-13-8-4-3-7-12(13)15/h3-4,7-8,11,16H,5-6,9-10H2,1-2H3. The second-order valence-corrected chi connectivity index (χ2v) is 6.74. The summed E-state index contributed by atoms with van der Waals surface area (Å²) in [4.78, 5) is 0. The third-order valence-electron chi connectivity index (χ3n) is 3.44. The van der Waals surface area contributed by atoms with E-state index in [1.54, 1.807) is 0 Å². The molecule has 2 rings (SSSR count). The molecule has 1 aliphatic rings. The number of para-hydroxylation sites is 1. The summed E-state index contributed by atoms with van der Waals surface area (Å²) < 4.78 is 1.32. The van der Waals surface area contributed by atoms with Gasteiger partial charge in [-0.2, -0.15) is 0 Å². The highest BCUT2D eigenvalue weighted by Gasteiger charge is 2.27. The monoisotopic (exact) mass is 329 g/mol. The van der Waals surface area contributed by atoms with E-state index in [0.29, 0.717) is 11.5 Å². The number of nitrogens with one attached hydrogen (secondary N) is 1. The molecule has 16 heavy (non-hydrogen) atoms. The molecule has 0 aromatic heterocycles. The lowest BCUT2D eigenvalue weighted by Gasteiger charge is -2.36. The van der Waals surface area contributed by atoms with Gasteiger partial charge in [-0.3, -0.25) is 0 Å². The van der Waals surface area contributed by atoms with Crippen LogP contribution in [0.3, 0.4) is 0 Å². The smallest absolute Gasteiger partial charge is 0.0478 e. The lowest BCUT2D eigenvalue weighted by atomic mass is 9.75. The van der Waals surface area contributed by atoms with Crippen LogP contribution >= 0.6 is 22.6 Å². The van der Waals surface area contributed by atoms with Crippen LogP contribution in [0, 0.1) is 8.99 Å². The average Bonchev–Trinajstić information content (AvgIpc) is 2.20. The van der Waals surface area contributed by atoms with E-state index in [0.717, 1.165) is 0 Å². The lowest BCUT2D eigenvalue weighted by Crippen LogP contribution is -2.31. The molecule has 0 bridgehead atoms. The molecule has 0 spiro atoms. The fraction of sp³-hybridized carbons (Fsp3) is 0.571. The number of hydrogen-bond acceptors (Lipinski definition) is 1. The minimum Gasteiger partial charge on any atom is -0.381 e. The van der Waals surface area contributed by atoms with Gasteiger partial charge in [-0.25, -0.2) is 0 Å². The summed E-state index contributed by atoms with van der Waals surface area (Å²) in [5.41, 5.74) is 1.81. The Labute approximate surface area is 112 Å². The predicted molar refractivity (Wildman–Crippen MR) is 78.8 cm³/mol. The zero-order valence-corrected chi connectivity index (χ0v) is 12.3. The van der Waals surface area contributed by atoms with E-state index < -0.39 is 0 Å². The molecule has 0 radical (unpaired) electrons. The van der Waals surface area contributed by atoms with E-state index in [4.69, 9.17) is 0 Å². The summed E-state index contributed by atoms with van der Waals surface area (Å²) >= 11 is 2.40. The minimum absolute atomic E-state index is 0.510. The van der Waals surface area contributed by atoms with Gasteiger partial charge in [0.1, 0.15) is 0 Å². The van der Waals surface area contributed by atoms with Gasteiger partial charge in [0.05, 0.1) is 0 Å². The number of hydrogen-bond donors (Lipinski definition) is 1. The highest BCUT2D eigenvalue weighted by molar-refractivity contribution is 14.1. The maximum Gasteiger partial charge on any atom is 0.0478 e. The maximum atomic E-state index is 3.70. The van der Waals surface area contributed by atoms with Gasteiger partial charge in [0.2, 0.25) is 0 Å². The van der Waals surface area contributed by atoms with E-state index in [1.807, 2.05) is 0 Å². The van der Waals surface area contributed by atoms with Crippen molar-refractivity contribution in [1.29, 1.82) is 0 Å². The molecule has 0 saturated heterocycles. The third-order valence-corrected chi connectivity index (χ3v) is 4.38. The molecule has 2 heteroatoms. The second-order valence-electron chi connectivity index (χ2n) is 5.58. The third kappa shape index (κ3) is 3.12. The van der Waals surface area contributed by atoms with Crippen LogP contribution in [0.25, 0.3) is 0 Å². The molecule has 1 nitrogen and oxygen atoms in total. The molecule has 88 valence electrons. The van der Waals surface area contributed by atoms with Crippen molar-refractivity contribution in [3.63, 3.8) is 0 Å². The van der Waals surface area contributed by atoms with Crippen LogP contribution in [0.4, 0.5) is 5.69 Å². The zero-order chi connectivity index (χ0) is 11.6. The van der Waals surface area contributed by atoms with Gasteiger partial charge < -0.3 is 5.32 Å². The molecule has 1 aromatic rings. The molecule has 1 fully saturated rings. The number of halogens is 1. The Morgan fingerprint density at radius 2 is 2.06 bits per heavy atom. The van der Waals surface area contributed by atoms with Gasteiger partial charge in [0.15, 0.2) is 0 Å². The largest absolute Gasteiger partial charge is 0.381 e. The van der Waals surface area contributed by atoms with E-state index >= 15 is 0 Å². The first-order valence-corrected chi connectivity index (χ1v) is 7.16. The Morgan fingerprint density at radius 1 is 1.31 bits per heavy atom. The van der Waals surface area contributed by atoms with Crippen molar-refractivity contribution >= 4 is 28.3 Å². The number of anilines is 1. The van der Waals surface area contributed by atoms with Crippen LogP contribution in [0.1, 0.15) is 39.5 Å². The normalized spacial score (nSPS) is 24.1. The van der Waals surface area contributed by atoms with E-state index in [2.05, 4.69) is 66.0 Å². The summed E-state index contributed by atoms with van der Waals surface area (Å²) in [5.74, 6) is 0. The summed E-state index contributed by atoms with van der Waals surface area (Å²) in [6.45, 7) is 4.77. The SMILES string of the molecule is CC1(C)CCCC(Nc2ccccc2I)C1. The quantitative estimate of drug-likeness (QED) is 0.778. The van der Waals surface area contributed by atoms with E-state index in [1.165, 1.54) is 34.9 Å². The van der Waals surface area contributed by atoms with Gasteiger partial charge in [-0.15, -0.1) is 0 Å². The molecule has 1 atom stereocenters. The van der Waals surface area contributed by atoms with Crippen molar-refractivity contribution in [1.82, 2.24) is 0 Å². The highest BCUT2D eigenvalue weighted by atomic mass is 127. The minimum atomic E-state index is 0.510. The van der Waals surface area contributed by atoms with Gasteiger partial charge in [0, 0.05) is 15.3 Å². The van der Waals surface area contributed by atoms with Gasteiger partial charge in [-0.1, -0.05) is 32.4 Å². The van der Waals surface area contributed by atoms with Gasteiger partial charge in [-0.05, 0) is 59.4 Å². The molecule has 1 N–H and O–H groups in total. The van der Waals surface area contributed by atoms with Crippen molar-refractivity contribution in [2.45, 2.75) is 45.6 Å². The van der Waals surface area contributed by atoms with Crippen LogP contribution in [0.2, 0.25) is 0 Å². The van der Waals surface area contributed by atoms with Crippen molar-refractivity contribution in [3.8, 4) is 0 Å². The Hall–Kier alpha value is -0.250. The molecular weight excluding hydrogens is 309 g/mol. The van der Waals surface area contributed by atoms with Crippen molar-refractivity contribution < 1.29 is 0 Å². The topological polar surface area (TPSA) is 12.0 Å². The number of rotatable bonds is 2. The predicted octanol–water partition coefficient (Wildman–Crippen LogP) is 4.67. The molecule has 1 aromatic carbocycles. The first-order chi connectivity index (χ1) is 7.57. The molecule has 0 heterocycles. The molecule has 0 amide bonds. The lowest BCUT2D eigenvalue weighted by molar-refractivity contribution is 0.229. The van der Waals surface area contributed by atoms with Crippen LogP contribution in [0.5, 0.6) is 0 Å². The Balaban J connectivity index is 2.02. The van der Waals surface area contributed by atoms with Crippen LogP contribution < -0.4 is 5.32 Å². The number of benzene rings is 1. The van der Waals surface area contributed by atoms with Gasteiger partial charge in [0.25, 0.3) is 0 Å². The first-order valence-electron chi connectivity index (χ1n) is 6.08.